The molecule has 0 aliphatic heterocycles. The highest BCUT2D eigenvalue weighted by molar-refractivity contribution is 5.37. The lowest BCUT2D eigenvalue weighted by atomic mass is 9.85. The molecule has 6 nitrogen and oxygen atoms in total. The molecule has 0 aromatic carbocycles. The number of aromatic nitrogens is 3. The van der Waals surface area contributed by atoms with Gasteiger partial charge in [-0.25, -0.2) is 0 Å². The lowest BCUT2D eigenvalue weighted by Gasteiger charge is -2.30. The van der Waals surface area contributed by atoms with Gasteiger partial charge in [0.1, 0.15) is 0 Å². The Balaban J connectivity index is 2.12. The zero-order valence-electron chi connectivity index (χ0n) is 12.2. The smallest absolute Gasteiger partial charge is 0.323 e. The molecule has 1 aromatic heterocycles. The Bertz CT molecular complexity index is 419. The molecule has 1 N–H and O–H groups in total. The largest absolute Gasteiger partial charge is 0.461 e. The molecular weight excluding hydrogens is 242 g/mol. The lowest BCUT2D eigenvalue weighted by molar-refractivity contribution is 0.222. The topological polar surface area (TPSA) is 63.2 Å². The number of hydrogen-bond donors (Lipinski definition) is 1. The lowest BCUT2D eigenvalue weighted by Crippen LogP contribution is -2.31. The predicted octanol–water partition coefficient (Wildman–Crippen LogP) is 1.94. The van der Waals surface area contributed by atoms with E-state index in [1.807, 2.05) is 20.9 Å². The maximum absolute atomic E-state index is 5.56. The van der Waals surface area contributed by atoms with Crippen LogP contribution in [0.1, 0.15) is 33.1 Å². The fourth-order valence-electron chi connectivity index (χ4n) is 2.04. The quantitative estimate of drug-likeness (QED) is 0.848. The molecule has 1 aromatic rings. The standard InChI is InChI=1S/C13H23N5O/c1-9(2)19-13-16-11(14-3)15-12(17-13)18(4)8-10-6-5-7-10/h9-10H,5-8H2,1-4H3,(H,14,15,16,17). The third-order valence-electron chi connectivity index (χ3n) is 3.27. The van der Waals surface area contributed by atoms with Gasteiger partial charge in [-0.2, -0.15) is 15.0 Å². The van der Waals surface area contributed by atoms with Crippen LogP contribution in [0.5, 0.6) is 6.01 Å². The highest BCUT2D eigenvalue weighted by Crippen LogP contribution is 2.28. The number of rotatable bonds is 6. The van der Waals surface area contributed by atoms with Gasteiger partial charge in [-0.3, -0.25) is 0 Å². The first kappa shape index (κ1) is 13.8. The normalized spacial score (nSPS) is 15.2. The highest BCUT2D eigenvalue weighted by atomic mass is 16.5. The van der Waals surface area contributed by atoms with E-state index in [1.54, 1.807) is 7.05 Å². The molecular formula is C13H23N5O. The third kappa shape index (κ3) is 3.68. The number of nitrogens with one attached hydrogen (secondary N) is 1. The zero-order valence-corrected chi connectivity index (χ0v) is 12.2. The van der Waals surface area contributed by atoms with E-state index in [9.17, 15) is 0 Å². The van der Waals surface area contributed by atoms with Crippen LogP contribution in [0.4, 0.5) is 11.9 Å². The van der Waals surface area contributed by atoms with E-state index in [0.717, 1.165) is 12.5 Å². The monoisotopic (exact) mass is 265 g/mol. The molecule has 1 heterocycles. The van der Waals surface area contributed by atoms with Crippen molar-refractivity contribution in [2.75, 3.05) is 30.9 Å². The summed E-state index contributed by atoms with van der Waals surface area (Å²) in [7, 11) is 3.82. The van der Waals surface area contributed by atoms with E-state index >= 15 is 0 Å². The first-order valence-electron chi connectivity index (χ1n) is 6.90. The molecule has 106 valence electrons. The van der Waals surface area contributed by atoms with Crippen LogP contribution >= 0.6 is 0 Å². The van der Waals surface area contributed by atoms with Crippen molar-refractivity contribution in [3.05, 3.63) is 0 Å². The maximum atomic E-state index is 5.56. The summed E-state index contributed by atoms with van der Waals surface area (Å²) >= 11 is 0. The SMILES string of the molecule is CNc1nc(OC(C)C)nc(N(C)CC2CCC2)n1. The first-order valence-corrected chi connectivity index (χ1v) is 6.90. The Kier molecular flexibility index (Phi) is 4.39. The second-order valence-corrected chi connectivity index (χ2v) is 5.34. The predicted molar refractivity (Wildman–Crippen MR) is 75.7 cm³/mol. The zero-order chi connectivity index (χ0) is 13.8. The molecule has 1 saturated carbocycles. The Labute approximate surface area is 114 Å². The Morgan fingerprint density at radius 3 is 2.58 bits per heavy atom. The Morgan fingerprint density at radius 1 is 1.32 bits per heavy atom. The minimum Gasteiger partial charge on any atom is -0.461 e. The molecule has 0 saturated heterocycles. The van der Waals surface area contributed by atoms with Gasteiger partial charge in [-0.05, 0) is 32.6 Å². The molecule has 0 amide bonds. The molecule has 1 aliphatic rings. The summed E-state index contributed by atoms with van der Waals surface area (Å²) in [6.07, 6.45) is 4.02. The van der Waals surface area contributed by atoms with Crippen LogP contribution in [0.3, 0.4) is 0 Å². The van der Waals surface area contributed by atoms with Crippen LogP contribution in [0.2, 0.25) is 0 Å². The van der Waals surface area contributed by atoms with Crippen molar-refractivity contribution in [3.63, 3.8) is 0 Å². The molecule has 2 rings (SSSR count). The molecule has 0 radical (unpaired) electrons. The highest BCUT2D eigenvalue weighted by Gasteiger charge is 2.21. The molecule has 0 bridgehead atoms. The van der Waals surface area contributed by atoms with Crippen LogP contribution in [0.15, 0.2) is 0 Å². The fourth-order valence-corrected chi connectivity index (χ4v) is 2.04. The van der Waals surface area contributed by atoms with E-state index in [2.05, 4.69) is 25.2 Å². The molecule has 6 heteroatoms. The fraction of sp³-hybridized carbons (Fsp3) is 0.769. The van der Waals surface area contributed by atoms with E-state index in [4.69, 9.17) is 4.74 Å². The van der Waals surface area contributed by atoms with Gasteiger partial charge in [0.05, 0.1) is 6.10 Å². The van der Waals surface area contributed by atoms with E-state index in [1.165, 1.54) is 19.3 Å². The van der Waals surface area contributed by atoms with Gasteiger partial charge in [0.2, 0.25) is 11.9 Å². The summed E-state index contributed by atoms with van der Waals surface area (Å²) in [6.45, 7) is 4.91. The minimum atomic E-state index is 0.0527. The first-order chi connectivity index (χ1) is 9.08. The second kappa shape index (κ2) is 6.04. The van der Waals surface area contributed by atoms with Crippen molar-refractivity contribution < 1.29 is 4.74 Å². The van der Waals surface area contributed by atoms with Crippen molar-refractivity contribution in [1.29, 1.82) is 0 Å². The van der Waals surface area contributed by atoms with Crippen LogP contribution < -0.4 is 15.0 Å². The van der Waals surface area contributed by atoms with Crippen LogP contribution in [-0.2, 0) is 0 Å². The molecule has 1 fully saturated rings. The van der Waals surface area contributed by atoms with Crippen molar-refractivity contribution in [3.8, 4) is 6.01 Å². The van der Waals surface area contributed by atoms with Crippen LogP contribution in [-0.4, -0.2) is 41.7 Å². The molecule has 0 spiro atoms. The van der Waals surface area contributed by atoms with Crippen molar-refractivity contribution in [2.24, 2.45) is 5.92 Å². The van der Waals surface area contributed by atoms with E-state index in [-0.39, 0.29) is 6.10 Å². The summed E-state index contributed by atoms with van der Waals surface area (Å²) in [5, 5.41) is 2.95. The minimum absolute atomic E-state index is 0.0527. The van der Waals surface area contributed by atoms with E-state index < -0.39 is 0 Å². The number of anilines is 2. The van der Waals surface area contributed by atoms with Gasteiger partial charge in [-0.1, -0.05) is 6.42 Å². The van der Waals surface area contributed by atoms with Gasteiger partial charge in [0.15, 0.2) is 0 Å². The summed E-state index contributed by atoms with van der Waals surface area (Å²) in [5.41, 5.74) is 0. The summed E-state index contributed by atoms with van der Waals surface area (Å²) in [5.74, 6) is 1.98. The molecule has 19 heavy (non-hydrogen) atoms. The summed E-state index contributed by atoms with van der Waals surface area (Å²) in [6, 6.07) is 0.379. The van der Waals surface area contributed by atoms with Gasteiger partial charge in [0.25, 0.3) is 0 Å². The number of ether oxygens (including phenoxy) is 1. The Morgan fingerprint density at radius 2 is 2.05 bits per heavy atom. The average molecular weight is 265 g/mol. The maximum Gasteiger partial charge on any atom is 0.323 e. The van der Waals surface area contributed by atoms with Crippen molar-refractivity contribution in [2.45, 2.75) is 39.2 Å². The summed E-state index contributed by atoms with van der Waals surface area (Å²) in [4.78, 5) is 15.0. The van der Waals surface area contributed by atoms with Crippen LogP contribution in [0.25, 0.3) is 0 Å². The van der Waals surface area contributed by atoms with E-state index in [0.29, 0.717) is 17.9 Å². The number of nitrogens with zero attached hydrogens (tertiary/aromatic N) is 4. The van der Waals surface area contributed by atoms with Crippen molar-refractivity contribution >= 4 is 11.9 Å². The van der Waals surface area contributed by atoms with Gasteiger partial charge in [-0.15, -0.1) is 0 Å². The van der Waals surface area contributed by atoms with Gasteiger partial charge >= 0.3 is 6.01 Å². The average Bonchev–Trinajstić information content (AvgIpc) is 2.32. The number of hydrogen-bond acceptors (Lipinski definition) is 6. The van der Waals surface area contributed by atoms with Gasteiger partial charge in [0, 0.05) is 20.6 Å². The van der Waals surface area contributed by atoms with Crippen molar-refractivity contribution in [1.82, 2.24) is 15.0 Å². The molecule has 0 atom stereocenters. The third-order valence-corrected chi connectivity index (χ3v) is 3.27. The molecule has 1 aliphatic carbocycles. The molecule has 0 unspecified atom stereocenters. The Hall–Kier alpha value is -1.59. The summed E-state index contributed by atoms with van der Waals surface area (Å²) < 4.78 is 5.56. The van der Waals surface area contributed by atoms with Crippen LogP contribution in [0, 0.1) is 5.92 Å². The van der Waals surface area contributed by atoms with Gasteiger partial charge < -0.3 is 15.0 Å². The second-order valence-electron chi connectivity index (χ2n) is 5.34.